The maximum absolute atomic E-state index is 12.2. The van der Waals surface area contributed by atoms with Gasteiger partial charge in [0.15, 0.2) is 0 Å². The lowest BCUT2D eigenvalue weighted by molar-refractivity contribution is -0.123. The normalized spacial score (nSPS) is 11.6. The van der Waals surface area contributed by atoms with E-state index in [1.807, 2.05) is 0 Å². The third kappa shape index (κ3) is 3.19. The van der Waals surface area contributed by atoms with Crippen molar-refractivity contribution in [2.45, 2.75) is 4.90 Å². The Bertz CT molecular complexity index is 811. The van der Waals surface area contributed by atoms with Gasteiger partial charge in [-0.3, -0.25) is 9.63 Å². The van der Waals surface area contributed by atoms with Crippen molar-refractivity contribution < 1.29 is 28.0 Å². The summed E-state index contributed by atoms with van der Waals surface area (Å²) in [5, 5.41) is 9.41. The van der Waals surface area contributed by atoms with E-state index in [0.717, 1.165) is 11.3 Å². The van der Waals surface area contributed by atoms with E-state index in [1.54, 1.807) is 23.1 Å². The van der Waals surface area contributed by atoms with Crippen LogP contribution in [0, 0.1) is 0 Å². The lowest BCUT2D eigenvalue weighted by Crippen LogP contribution is -2.30. The first-order valence-corrected chi connectivity index (χ1v) is 7.79. The molecule has 0 fully saturated rings. The van der Waals surface area contributed by atoms with Crippen LogP contribution in [-0.2, 0) is 19.7 Å². The number of amides is 1. The lowest BCUT2D eigenvalue weighted by atomic mass is 10.2. The number of hydrogen-bond donors (Lipinski definition) is 3. The van der Waals surface area contributed by atoms with Gasteiger partial charge in [0.2, 0.25) is 5.91 Å². The quantitative estimate of drug-likeness (QED) is 0.652. The van der Waals surface area contributed by atoms with Gasteiger partial charge in [0.25, 0.3) is 10.0 Å². The summed E-state index contributed by atoms with van der Waals surface area (Å²) in [5.74, 6) is -2.24. The van der Waals surface area contributed by atoms with Crippen molar-refractivity contribution in [3.05, 3.63) is 29.1 Å². The number of aromatic carboxylic acids is 1. The van der Waals surface area contributed by atoms with E-state index in [1.165, 1.54) is 6.07 Å². The zero-order valence-electron chi connectivity index (χ0n) is 10.4. The summed E-state index contributed by atoms with van der Waals surface area (Å²) >= 11 is 0.833. The largest absolute Gasteiger partial charge is 0.477 e. The number of rotatable bonds is 6. The average molecular weight is 330 g/mol. The molecule has 0 spiro atoms. The Morgan fingerprint density at radius 1 is 1.33 bits per heavy atom. The molecule has 2 aromatic rings. The van der Waals surface area contributed by atoms with Crippen LogP contribution in [0.4, 0.5) is 0 Å². The van der Waals surface area contributed by atoms with Crippen molar-refractivity contribution in [3.8, 4) is 0 Å². The fraction of sp³-hybridized carbons (Fsp3) is 0.0909. The molecular weight excluding hydrogens is 320 g/mol. The van der Waals surface area contributed by atoms with Crippen LogP contribution in [-0.4, -0.2) is 32.0 Å². The van der Waals surface area contributed by atoms with Crippen LogP contribution < -0.4 is 10.6 Å². The Labute approximate surface area is 123 Å². The van der Waals surface area contributed by atoms with Gasteiger partial charge in [0.05, 0.1) is 0 Å². The maximum Gasteiger partial charge on any atom is 0.347 e. The Kier molecular flexibility index (Phi) is 4.23. The van der Waals surface area contributed by atoms with E-state index in [4.69, 9.17) is 10.8 Å². The first kappa shape index (κ1) is 15.4. The number of thiophene rings is 1. The zero-order chi connectivity index (χ0) is 15.6. The van der Waals surface area contributed by atoms with E-state index < -0.39 is 33.4 Å². The molecule has 1 aromatic heterocycles. The third-order valence-corrected chi connectivity index (χ3v) is 4.98. The van der Waals surface area contributed by atoms with Crippen LogP contribution in [0.3, 0.4) is 0 Å². The number of benzene rings is 1. The van der Waals surface area contributed by atoms with Gasteiger partial charge in [-0.15, -0.1) is 11.3 Å². The molecule has 1 amide bonds. The molecule has 0 aliphatic rings. The standard InChI is InChI=1S/C11H10N2O6S2/c12-8(14)5-19-13-21(17,18)10-6-3-1-2-4-7(6)20-9(10)11(15)16/h1-4,13H,5H2,(H2,12,14)(H,15,16). The molecule has 0 radical (unpaired) electrons. The molecule has 2 rings (SSSR count). The van der Waals surface area contributed by atoms with Crippen LogP contribution in [0.5, 0.6) is 0 Å². The second kappa shape index (κ2) is 5.77. The predicted octanol–water partition coefficient (Wildman–Crippen LogP) is 0.295. The van der Waals surface area contributed by atoms with Crippen LogP contribution in [0.25, 0.3) is 10.1 Å². The van der Waals surface area contributed by atoms with E-state index in [9.17, 15) is 18.0 Å². The highest BCUT2D eigenvalue weighted by atomic mass is 32.2. The second-order valence-electron chi connectivity index (χ2n) is 3.90. The van der Waals surface area contributed by atoms with Crippen LogP contribution >= 0.6 is 11.3 Å². The average Bonchev–Trinajstić information content (AvgIpc) is 2.78. The second-order valence-corrected chi connectivity index (χ2v) is 6.54. The number of carbonyl (C=O) groups excluding carboxylic acids is 1. The van der Waals surface area contributed by atoms with E-state index >= 15 is 0 Å². The third-order valence-electron chi connectivity index (χ3n) is 2.40. The molecule has 0 saturated carbocycles. The fourth-order valence-corrected chi connectivity index (χ4v) is 4.20. The van der Waals surface area contributed by atoms with Gasteiger partial charge < -0.3 is 10.8 Å². The van der Waals surface area contributed by atoms with Crippen molar-refractivity contribution in [2.75, 3.05) is 6.61 Å². The van der Waals surface area contributed by atoms with E-state index in [2.05, 4.69) is 4.84 Å². The Morgan fingerprint density at radius 2 is 2.00 bits per heavy atom. The molecule has 0 saturated heterocycles. The Morgan fingerprint density at radius 3 is 2.62 bits per heavy atom. The van der Waals surface area contributed by atoms with Crippen molar-refractivity contribution in [2.24, 2.45) is 5.73 Å². The first-order chi connectivity index (χ1) is 9.83. The summed E-state index contributed by atoms with van der Waals surface area (Å²) in [5.41, 5.74) is 4.82. The van der Waals surface area contributed by atoms with Crippen molar-refractivity contribution >= 4 is 43.3 Å². The maximum atomic E-state index is 12.2. The molecule has 112 valence electrons. The molecule has 8 nitrogen and oxygen atoms in total. The molecule has 10 heteroatoms. The van der Waals surface area contributed by atoms with Crippen molar-refractivity contribution in [1.82, 2.24) is 4.89 Å². The van der Waals surface area contributed by atoms with Gasteiger partial charge in [-0.1, -0.05) is 23.1 Å². The minimum absolute atomic E-state index is 0.259. The molecule has 21 heavy (non-hydrogen) atoms. The van der Waals surface area contributed by atoms with Gasteiger partial charge in [0.1, 0.15) is 16.4 Å². The highest BCUT2D eigenvalue weighted by molar-refractivity contribution is 7.89. The van der Waals surface area contributed by atoms with Crippen LogP contribution in [0.1, 0.15) is 9.67 Å². The summed E-state index contributed by atoms with van der Waals surface area (Å²) in [6.45, 7) is -0.663. The van der Waals surface area contributed by atoms with Gasteiger partial charge >= 0.3 is 5.97 Å². The van der Waals surface area contributed by atoms with Crippen LogP contribution in [0.2, 0.25) is 0 Å². The first-order valence-electron chi connectivity index (χ1n) is 5.49. The van der Waals surface area contributed by atoms with Gasteiger partial charge in [-0.2, -0.15) is 0 Å². The minimum Gasteiger partial charge on any atom is -0.477 e. The highest BCUT2D eigenvalue weighted by Crippen LogP contribution is 2.34. The number of carboxylic acids is 1. The number of primary amides is 1. The SMILES string of the molecule is NC(=O)CONS(=O)(=O)c1c(C(=O)O)sc2ccccc12. The van der Waals surface area contributed by atoms with E-state index in [-0.39, 0.29) is 10.3 Å². The van der Waals surface area contributed by atoms with Crippen LogP contribution in [0.15, 0.2) is 29.2 Å². The minimum atomic E-state index is -4.27. The number of carbonyl (C=O) groups is 2. The molecule has 0 unspecified atom stereocenters. The molecule has 1 aromatic carbocycles. The summed E-state index contributed by atoms with van der Waals surface area (Å²) in [6, 6.07) is 6.35. The molecule has 0 aliphatic carbocycles. The molecule has 4 N–H and O–H groups in total. The van der Waals surface area contributed by atoms with Crippen molar-refractivity contribution in [3.63, 3.8) is 0 Å². The van der Waals surface area contributed by atoms with Crippen molar-refractivity contribution in [1.29, 1.82) is 0 Å². The fourth-order valence-electron chi connectivity index (χ4n) is 1.65. The molecule has 0 atom stereocenters. The van der Waals surface area contributed by atoms with Gasteiger partial charge in [0, 0.05) is 10.1 Å². The number of hydrogen-bond acceptors (Lipinski definition) is 6. The Hall–Kier alpha value is -2.01. The van der Waals surface area contributed by atoms with Gasteiger partial charge in [-0.05, 0) is 6.07 Å². The molecule has 0 aliphatic heterocycles. The number of nitrogens with two attached hydrogens (primary N) is 1. The number of carboxylic acid groups (broad SMARTS) is 1. The van der Waals surface area contributed by atoms with E-state index in [0.29, 0.717) is 4.70 Å². The summed E-state index contributed by atoms with van der Waals surface area (Å²) in [4.78, 5) is 27.2. The Balaban J connectivity index is 2.50. The highest BCUT2D eigenvalue weighted by Gasteiger charge is 2.28. The molecule has 1 heterocycles. The number of sulfonamides is 1. The number of fused-ring (bicyclic) bond motifs is 1. The van der Waals surface area contributed by atoms with Gasteiger partial charge in [-0.25, -0.2) is 13.2 Å². The summed E-state index contributed by atoms with van der Waals surface area (Å²) in [6.07, 6.45) is 0. The lowest BCUT2D eigenvalue weighted by Gasteiger charge is -2.06. The molecular formula is C11H10N2O6S2. The smallest absolute Gasteiger partial charge is 0.347 e. The monoisotopic (exact) mass is 330 g/mol. The number of nitrogens with one attached hydrogen (secondary N) is 1. The topological polar surface area (TPSA) is 136 Å². The predicted molar refractivity (Wildman–Crippen MR) is 74.3 cm³/mol. The summed E-state index contributed by atoms with van der Waals surface area (Å²) < 4.78 is 24.8. The zero-order valence-corrected chi connectivity index (χ0v) is 12.0. The summed E-state index contributed by atoms with van der Waals surface area (Å²) in [7, 11) is -4.27. The molecule has 0 bridgehead atoms.